The number of carbonyl (C=O) groups is 8. The molecule has 0 radical (unpaired) electrons. The Morgan fingerprint density at radius 1 is 0.754 bits per heavy atom. The summed E-state index contributed by atoms with van der Waals surface area (Å²) in [5.74, 6) is -8.80. The number of phenols is 1. The van der Waals surface area contributed by atoms with Gasteiger partial charge in [-0.05, 0) is 52.4 Å². The molecule has 0 aliphatic carbocycles. The van der Waals surface area contributed by atoms with Crippen molar-refractivity contribution in [1.29, 1.82) is 0 Å². The van der Waals surface area contributed by atoms with Crippen LogP contribution in [0.15, 0.2) is 77.4 Å². The summed E-state index contributed by atoms with van der Waals surface area (Å²) in [6, 6.07) is -2.47. The van der Waals surface area contributed by atoms with Crippen LogP contribution in [0.25, 0.3) is 6.08 Å². The van der Waals surface area contributed by atoms with Crippen molar-refractivity contribution in [1.82, 2.24) is 26.6 Å². The topological polar surface area (TPSA) is 278 Å². The number of primary amides is 2. The Morgan fingerprint density at radius 2 is 1.25 bits per heavy atom. The number of amides is 7. The first-order valence-electron chi connectivity index (χ1n) is 17.9. The SMILES string of the molecule is CC(C)[C@@H]1NC(=O)[C@@H](NC(=O)/C=C/C=C/C=C/C=C/C=C/c2ccc(O)c(Br)c2)[C@@H](C)OC(=O)[C@H](C(C)C)NC(=O)[C@H](CC(N)=O)NC(=O)[C@H](CC(N)=O)NC1=O. The van der Waals surface area contributed by atoms with Gasteiger partial charge in [-0.25, -0.2) is 4.79 Å². The van der Waals surface area contributed by atoms with Gasteiger partial charge in [0.25, 0.3) is 0 Å². The average molecular weight is 857 g/mol. The Bertz CT molecular complexity index is 1820. The quantitative estimate of drug-likeness (QED) is 0.0786. The second kappa shape index (κ2) is 23.1. The monoisotopic (exact) mass is 855 g/mol. The van der Waals surface area contributed by atoms with E-state index in [9.17, 15) is 43.5 Å². The zero-order valence-corrected chi connectivity index (χ0v) is 33.8. The third kappa shape index (κ3) is 16.3. The number of rotatable bonds is 13. The highest BCUT2D eigenvalue weighted by Crippen LogP contribution is 2.24. The van der Waals surface area contributed by atoms with Crippen molar-refractivity contribution in [2.45, 2.75) is 83.8 Å². The van der Waals surface area contributed by atoms with E-state index in [0.29, 0.717) is 4.47 Å². The van der Waals surface area contributed by atoms with Crippen LogP contribution >= 0.6 is 15.9 Å². The van der Waals surface area contributed by atoms with Crippen LogP contribution in [0.5, 0.6) is 5.75 Å². The van der Waals surface area contributed by atoms with Crippen LogP contribution < -0.4 is 38.1 Å². The normalized spacial score (nSPS) is 23.3. The molecule has 1 saturated heterocycles. The van der Waals surface area contributed by atoms with E-state index in [4.69, 9.17) is 16.2 Å². The zero-order chi connectivity index (χ0) is 42.8. The molecule has 0 saturated carbocycles. The number of benzene rings is 1. The van der Waals surface area contributed by atoms with Crippen molar-refractivity contribution < 1.29 is 48.2 Å². The molecule has 1 heterocycles. The zero-order valence-electron chi connectivity index (χ0n) is 32.2. The third-order valence-corrected chi connectivity index (χ3v) is 8.81. The standard InChI is InChI=1S/C39H50BrN7O10/c1-21(2)32-37(54)44-26(19-29(41)49)35(52)43-27(20-30(42)50)36(53)47-33(22(3)4)39(56)57-23(5)34(38(55)46-32)45-31(51)15-13-11-9-7-6-8-10-12-14-24-16-17-28(48)25(40)18-24/h6-18,21-23,26-27,32-34,48H,19-20H2,1-5H3,(H2,41,49)(H2,42,50)(H,43,52)(H,44,54)(H,45,51)(H,46,55)(H,47,53)/b7-6+,10-8+,11-9+,14-12+,15-13+/t23-,26+,27+,32+,33+,34+/m1/s1. The number of allylic oxidation sites excluding steroid dienone is 8. The fourth-order valence-electron chi connectivity index (χ4n) is 5.13. The number of esters is 1. The van der Waals surface area contributed by atoms with E-state index in [0.717, 1.165) is 11.6 Å². The molecule has 57 heavy (non-hydrogen) atoms. The van der Waals surface area contributed by atoms with Crippen LogP contribution in [0.1, 0.15) is 53.0 Å². The van der Waals surface area contributed by atoms with Crippen LogP contribution in [-0.4, -0.2) is 88.7 Å². The largest absolute Gasteiger partial charge is 0.507 e. The Labute approximate surface area is 339 Å². The summed E-state index contributed by atoms with van der Waals surface area (Å²) in [5.41, 5.74) is 11.5. The Balaban J connectivity index is 2.35. The van der Waals surface area contributed by atoms with Crippen LogP contribution in [0.2, 0.25) is 0 Å². The van der Waals surface area contributed by atoms with Gasteiger partial charge in [-0.3, -0.25) is 33.6 Å². The first-order chi connectivity index (χ1) is 26.8. The molecular formula is C39H50BrN7O10. The van der Waals surface area contributed by atoms with Crippen LogP contribution in [0, 0.1) is 11.8 Å². The lowest BCUT2D eigenvalue weighted by atomic mass is 10.0. The summed E-state index contributed by atoms with van der Waals surface area (Å²) >= 11 is 3.26. The summed E-state index contributed by atoms with van der Waals surface area (Å²) in [5, 5.41) is 21.7. The molecule has 1 aliphatic heterocycles. The highest BCUT2D eigenvalue weighted by Gasteiger charge is 2.38. The van der Waals surface area contributed by atoms with Crippen LogP contribution in [-0.2, 0) is 43.1 Å². The van der Waals surface area contributed by atoms with Crippen LogP contribution in [0.3, 0.4) is 0 Å². The van der Waals surface area contributed by atoms with Gasteiger partial charge in [0.05, 0.1) is 17.3 Å². The molecule has 17 nitrogen and oxygen atoms in total. The van der Waals surface area contributed by atoms with Crippen molar-refractivity contribution in [3.05, 3.63) is 82.9 Å². The molecule has 0 unspecified atom stereocenters. The molecule has 0 spiro atoms. The molecule has 0 aromatic heterocycles. The summed E-state index contributed by atoms with van der Waals surface area (Å²) in [6.45, 7) is 7.64. The smallest absolute Gasteiger partial charge is 0.329 e. The van der Waals surface area contributed by atoms with Gasteiger partial charge in [-0.2, -0.15) is 0 Å². The van der Waals surface area contributed by atoms with E-state index in [2.05, 4.69) is 42.5 Å². The minimum atomic E-state index is -1.65. The van der Waals surface area contributed by atoms with Crippen molar-refractivity contribution >= 4 is 69.3 Å². The third-order valence-electron chi connectivity index (χ3n) is 8.18. The molecule has 18 heteroatoms. The van der Waals surface area contributed by atoms with Gasteiger partial charge in [-0.1, -0.05) is 88.4 Å². The number of carbonyl (C=O) groups excluding carboxylic acids is 8. The molecule has 1 fully saturated rings. The molecular weight excluding hydrogens is 806 g/mol. The fraction of sp³-hybridized carbons (Fsp3) is 0.385. The van der Waals surface area contributed by atoms with Crippen LogP contribution in [0.4, 0.5) is 0 Å². The predicted molar refractivity (Wildman–Crippen MR) is 214 cm³/mol. The second-order valence-electron chi connectivity index (χ2n) is 13.6. The number of ether oxygens (including phenoxy) is 1. The van der Waals surface area contributed by atoms with Crippen molar-refractivity contribution in [2.75, 3.05) is 0 Å². The first-order valence-corrected chi connectivity index (χ1v) is 18.7. The molecule has 7 amide bonds. The van der Waals surface area contributed by atoms with Gasteiger partial charge < -0.3 is 47.9 Å². The molecule has 1 aromatic rings. The maximum absolute atomic E-state index is 13.8. The van der Waals surface area contributed by atoms with Gasteiger partial charge in [0.2, 0.25) is 41.4 Å². The van der Waals surface area contributed by atoms with E-state index in [1.165, 1.54) is 13.0 Å². The maximum atomic E-state index is 13.8. The summed E-state index contributed by atoms with van der Waals surface area (Å²) < 4.78 is 6.16. The van der Waals surface area contributed by atoms with Gasteiger partial charge in [0, 0.05) is 6.08 Å². The Hall–Kier alpha value is -6.04. The first kappa shape index (κ1) is 47.1. The molecule has 6 atom stereocenters. The van der Waals surface area contributed by atoms with Crippen molar-refractivity contribution in [2.24, 2.45) is 23.3 Å². The van der Waals surface area contributed by atoms with E-state index in [-0.39, 0.29) is 5.75 Å². The second-order valence-corrected chi connectivity index (χ2v) is 14.5. The number of nitrogens with two attached hydrogens (primary N) is 2. The number of hydrogen-bond donors (Lipinski definition) is 8. The fourth-order valence-corrected chi connectivity index (χ4v) is 5.52. The number of hydrogen-bond acceptors (Lipinski definition) is 10. The summed E-state index contributed by atoms with van der Waals surface area (Å²) in [6.07, 6.45) is 13.6. The summed E-state index contributed by atoms with van der Waals surface area (Å²) in [7, 11) is 0. The van der Waals surface area contributed by atoms with Gasteiger partial charge in [0.1, 0.15) is 42.1 Å². The Morgan fingerprint density at radius 3 is 1.77 bits per heavy atom. The molecule has 0 bridgehead atoms. The predicted octanol–water partition coefficient (Wildman–Crippen LogP) is 0.825. The van der Waals surface area contributed by atoms with Gasteiger partial charge in [-0.15, -0.1) is 0 Å². The lowest BCUT2D eigenvalue weighted by Crippen LogP contribution is -2.62. The number of aromatic hydroxyl groups is 1. The molecule has 10 N–H and O–H groups in total. The van der Waals surface area contributed by atoms with E-state index in [1.807, 2.05) is 12.2 Å². The highest BCUT2D eigenvalue weighted by molar-refractivity contribution is 9.10. The molecule has 1 aromatic carbocycles. The minimum Gasteiger partial charge on any atom is -0.507 e. The minimum absolute atomic E-state index is 0.144. The lowest BCUT2D eigenvalue weighted by Gasteiger charge is -2.31. The number of cyclic esters (lactones) is 1. The number of phenolic OH excluding ortho intramolecular Hbond substituents is 1. The molecule has 308 valence electrons. The highest BCUT2D eigenvalue weighted by atomic mass is 79.9. The molecule has 2 rings (SSSR count). The van der Waals surface area contributed by atoms with E-state index < -0.39 is 108 Å². The van der Waals surface area contributed by atoms with Gasteiger partial charge >= 0.3 is 5.97 Å². The van der Waals surface area contributed by atoms with E-state index >= 15 is 0 Å². The van der Waals surface area contributed by atoms with Gasteiger partial charge in [0.15, 0.2) is 0 Å². The van der Waals surface area contributed by atoms with Crippen molar-refractivity contribution in [3.63, 3.8) is 0 Å². The number of nitrogens with one attached hydrogen (secondary N) is 5. The lowest BCUT2D eigenvalue weighted by molar-refractivity contribution is -0.157. The van der Waals surface area contributed by atoms with Crippen molar-refractivity contribution in [3.8, 4) is 5.75 Å². The average Bonchev–Trinajstić information content (AvgIpc) is 3.11. The van der Waals surface area contributed by atoms with E-state index in [1.54, 1.807) is 82.4 Å². The summed E-state index contributed by atoms with van der Waals surface area (Å²) in [4.78, 5) is 104. The Kier molecular flexibility index (Phi) is 19.1. The number of halogens is 1. The maximum Gasteiger partial charge on any atom is 0.329 e. The molecule has 1 aliphatic rings.